The molecule has 1 N–H and O–H groups in total. The lowest BCUT2D eigenvalue weighted by Gasteiger charge is -2.13. The average molecular weight is 407 g/mol. The Labute approximate surface area is 177 Å². The fourth-order valence-corrected chi connectivity index (χ4v) is 4.59. The minimum absolute atomic E-state index is 0.236. The molecule has 3 aromatic rings. The van der Waals surface area contributed by atoms with Gasteiger partial charge in [-0.25, -0.2) is 14.6 Å². The third-order valence-corrected chi connectivity index (χ3v) is 6.19. The van der Waals surface area contributed by atoms with Crippen molar-refractivity contribution in [1.82, 2.24) is 29.6 Å². The molecule has 5 rings (SSSR count). The first kappa shape index (κ1) is 19.3. The van der Waals surface area contributed by atoms with Gasteiger partial charge in [0.2, 0.25) is 0 Å². The maximum atomic E-state index is 6.10. The summed E-state index contributed by atoms with van der Waals surface area (Å²) in [5.41, 5.74) is 3.23. The van der Waals surface area contributed by atoms with Crippen LogP contribution in [0.25, 0.3) is 22.9 Å². The fourth-order valence-electron chi connectivity index (χ4n) is 4.59. The first-order valence-electron chi connectivity index (χ1n) is 11.1. The third-order valence-electron chi connectivity index (χ3n) is 6.19. The zero-order valence-electron chi connectivity index (χ0n) is 18.0. The summed E-state index contributed by atoms with van der Waals surface area (Å²) in [6.07, 6.45) is 8.48. The molecule has 158 valence electrons. The van der Waals surface area contributed by atoms with Crippen LogP contribution >= 0.6 is 0 Å². The van der Waals surface area contributed by atoms with E-state index in [0.717, 1.165) is 41.6 Å². The van der Waals surface area contributed by atoms with E-state index in [1.165, 1.54) is 24.8 Å². The summed E-state index contributed by atoms with van der Waals surface area (Å²) in [6, 6.07) is 8.12. The summed E-state index contributed by atoms with van der Waals surface area (Å²) in [5.74, 6) is 2.68. The summed E-state index contributed by atoms with van der Waals surface area (Å²) in [7, 11) is 0. The number of hydrogen-bond donors (Lipinski definition) is 1. The number of aryl methyl sites for hydroxylation is 1. The number of hydrogen-bond acceptors (Lipinski definition) is 5. The number of rotatable bonds is 5. The van der Waals surface area contributed by atoms with Crippen LogP contribution in [-0.4, -0.2) is 43.0 Å². The van der Waals surface area contributed by atoms with Gasteiger partial charge in [-0.1, -0.05) is 6.07 Å². The minimum Gasteiger partial charge on any atom is -0.491 e. The van der Waals surface area contributed by atoms with Crippen molar-refractivity contribution in [1.29, 1.82) is 0 Å². The molecule has 2 aromatic heterocycles. The van der Waals surface area contributed by atoms with Gasteiger partial charge < -0.3 is 14.6 Å². The molecule has 0 aliphatic carbocycles. The topological polar surface area (TPSA) is 69.8 Å². The van der Waals surface area contributed by atoms with Crippen molar-refractivity contribution in [2.24, 2.45) is 0 Å². The SMILES string of the molecule is CC1CCC(CCc2ccc3c(c2)OCCn2cc(-c4ncnn4C(C)C)nc2-3)N1. The summed E-state index contributed by atoms with van der Waals surface area (Å²) in [4.78, 5) is 9.39. The van der Waals surface area contributed by atoms with Crippen LogP contribution in [0, 0.1) is 0 Å². The van der Waals surface area contributed by atoms with Crippen LogP contribution in [0.5, 0.6) is 5.75 Å². The number of aromatic nitrogens is 5. The maximum absolute atomic E-state index is 6.10. The van der Waals surface area contributed by atoms with Gasteiger partial charge in [0, 0.05) is 24.3 Å². The van der Waals surface area contributed by atoms with Crippen LogP contribution in [0.4, 0.5) is 0 Å². The molecule has 0 radical (unpaired) electrons. The second kappa shape index (κ2) is 7.87. The molecular formula is C23H30N6O. The zero-order valence-corrected chi connectivity index (χ0v) is 18.0. The second-order valence-electron chi connectivity index (χ2n) is 8.82. The summed E-state index contributed by atoms with van der Waals surface area (Å²) < 4.78 is 10.2. The van der Waals surface area contributed by atoms with Gasteiger partial charge in [0.15, 0.2) is 5.82 Å². The Hall–Kier alpha value is -2.67. The molecular weight excluding hydrogens is 376 g/mol. The summed E-state index contributed by atoms with van der Waals surface area (Å²) in [6.45, 7) is 7.89. The lowest BCUT2D eigenvalue weighted by molar-refractivity contribution is 0.306. The van der Waals surface area contributed by atoms with Crippen molar-refractivity contribution in [3.05, 3.63) is 36.3 Å². The lowest BCUT2D eigenvalue weighted by Crippen LogP contribution is -2.27. The summed E-state index contributed by atoms with van der Waals surface area (Å²) in [5, 5.41) is 8.04. The van der Waals surface area contributed by atoms with Crippen molar-refractivity contribution in [2.75, 3.05) is 6.61 Å². The Bertz CT molecular complexity index is 1040. The van der Waals surface area contributed by atoms with E-state index in [-0.39, 0.29) is 6.04 Å². The number of benzene rings is 1. The predicted octanol–water partition coefficient (Wildman–Crippen LogP) is 3.86. The van der Waals surface area contributed by atoms with Crippen LogP contribution < -0.4 is 10.1 Å². The smallest absolute Gasteiger partial charge is 0.178 e. The Morgan fingerprint density at radius 1 is 1.23 bits per heavy atom. The number of ether oxygens (including phenoxy) is 1. The average Bonchev–Trinajstić information content (AvgIpc) is 3.44. The lowest BCUT2D eigenvalue weighted by atomic mass is 10.0. The Kier molecular flexibility index (Phi) is 5.06. The van der Waals surface area contributed by atoms with E-state index in [9.17, 15) is 0 Å². The van der Waals surface area contributed by atoms with Crippen molar-refractivity contribution < 1.29 is 4.74 Å². The van der Waals surface area contributed by atoms with E-state index in [1.54, 1.807) is 6.33 Å². The van der Waals surface area contributed by atoms with Gasteiger partial charge in [-0.3, -0.25) is 0 Å². The quantitative estimate of drug-likeness (QED) is 0.697. The van der Waals surface area contributed by atoms with Crippen LogP contribution in [-0.2, 0) is 13.0 Å². The van der Waals surface area contributed by atoms with Crippen molar-refractivity contribution >= 4 is 0 Å². The molecule has 2 atom stereocenters. The molecule has 1 fully saturated rings. The first-order chi connectivity index (χ1) is 14.6. The summed E-state index contributed by atoms with van der Waals surface area (Å²) >= 11 is 0. The highest BCUT2D eigenvalue weighted by Crippen LogP contribution is 2.35. The van der Waals surface area contributed by atoms with E-state index in [1.807, 2.05) is 4.68 Å². The highest BCUT2D eigenvalue weighted by Gasteiger charge is 2.23. The van der Waals surface area contributed by atoms with Crippen molar-refractivity contribution in [2.45, 2.75) is 71.1 Å². The number of nitrogens with zero attached hydrogens (tertiary/aromatic N) is 5. The molecule has 1 saturated heterocycles. The molecule has 30 heavy (non-hydrogen) atoms. The van der Waals surface area contributed by atoms with E-state index < -0.39 is 0 Å². The second-order valence-corrected chi connectivity index (χ2v) is 8.82. The van der Waals surface area contributed by atoms with Crippen LogP contribution in [0.15, 0.2) is 30.7 Å². The molecule has 4 heterocycles. The molecule has 2 aliphatic rings. The fraction of sp³-hybridized carbons (Fsp3) is 0.522. The van der Waals surface area contributed by atoms with Gasteiger partial charge in [0.05, 0.1) is 12.1 Å². The van der Waals surface area contributed by atoms with Gasteiger partial charge >= 0.3 is 0 Å². The Balaban J connectivity index is 1.41. The molecule has 7 nitrogen and oxygen atoms in total. The number of fused-ring (bicyclic) bond motifs is 3. The van der Waals surface area contributed by atoms with Crippen LogP contribution in [0.3, 0.4) is 0 Å². The molecule has 0 saturated carbocycles. The van der Waals surface area contributed by atoms with Gasteiger partial charge in [-0.15, -0.1) is 0 Å². The largest absolute Gasteiger partial charge is 0.491 e. The predicted molar refractivity (Wildman–Crippen MR) is 116 cm³/mol. The molecule has 0 spiro atoms. The van der Waals surface area contributed by atoms with Gasteiger partial charge in [-0.2, -0.15) is 5.10 Å². The molecule has 2 unspecified atom stereocenters. The van der Waals surface area contributed by atoms with Crippen molar-refractivity contribution in [3.8, 4) is 28.7 Å². The normalized spacial score (nSPS) is 20.7. The molecule has 2 aliphatic heterocycles. The molecule has 1 aromatic carbocycles. The number of nitrogens with one attached hydrogen (secondary N) is 1. The highest BCUT2D eigenvalue weighted by molar-refractivity contribution is 5.68. The maximum Gasteiger partial charge on any atom is 0.178 e. The van der Waals surface area contributed by atoms with Crippen LogP contribution in [0.2, 0.25) is 0 Å². The highest BCUT2D eigenvalue weighted by atomic mass is 16.5. The minimum atomic E-state index is 0.236. The molecule has 0 amide bonds. The third kappa shape index (κ3) is 3.62. The van der Waals surface area contributed by atoms with E-state index in [0.29, 0.717) is 18.7 Å². The molecule has 7 heteroatoms. The van der Waals surface area contributed by atoms with Crippen LogP contribution in [0.1, 0.15) is 51.6 Å². The van der Waals surface area contributed by atoms with Gasteiger partial charge in [-0.05, 0) is 64.2 Å². The van der Waals surface area contributed by atoms with E-state index >= 15 is 0 Å². The standard InChI is InChI=1S/C23H30N6O/c1-15(2)29-23(24-14-25-29)20-13-28-10-11-30-21-12-17(6-9-19(21)22(28)27-20)5-8-18-7-4-16(3)26-18/h6,9,12-16,18,26H,4-5,7-8,10-11H2,1-3H3. The molecule has 0 bridgehead atoms. The van der Waals surface area contributed by atoms with Gasteiger partial charge in [0.1, 0.15) is 30.2 Å². The zero-order chi connectivity index (χ0) is 20.7. The first-order valence-corrected chi connectivity index (χ1v) is 11.1. The van der Waals surface area contributed by atoms with Crippen molar-refractivity contribution in [3.63, 3.8) is 0 Å². The Morgan fingerprint density at radius 2 is 2.13 bits per heavy atom. The number of imidazole rings is 1. The van der Waals surface area contributed by atoms with E-state index in [4.69, 9.17) is 9.72 Å². The van der Waals surface area contributed by atoms with E-state index in [2.05, 4.69) is 65.1 Å². The monoisotopic (exact) mass is 406 g/mol. The Morgan fingerprint density at radius 3 is 2.93 bits per heavy atom. The van der Waals surface area contributed by atoms with Gasteiger partial charge in [0.25, 0.3) is 0 Å².